The fourth-order valence-electron chi connectivity index (χ4n) is 1.44. The van der Waals surface area contributed by atoms with Crippen molar-refractivity contribution in [2.24, 2.45) is 5.10 Å². The van der Waals surface area contributed by atoms with Crippen molar-refractivity contribution in [3.63, 3.8) is 0 Å². The van der Waals surface area contributed by atoms with Crippen molar-refractivity contribution in [1.29, 1.82) is 5.41 Å². The third-order valence-electron chi connectivity index (χ3n) is 2.30. The van der Waals surface area contributed by atoms with Crippen LogP contribution in [-0.4, -0.2) is 36.7 Å². The zero-order valence-electron chi connectivity index (χ0n) is 9.80. The maximum Gasteiger partial charge on any atom is 0.433 e. The van der Waals surface area contributed by atoms with Crippen LogP contribution in [0.1, 0.15) is 0 Å². The van der Waals surface area contributed by atoms with Gasteiger partial charge in [-0.05, 0) is 0 Å². The van der Waals surface area contributed by atoms with Crippen LogP contribution in [0.25, 0.3) is 0 Å². The molecule has 98 valence electrons. The Morgan fingerprint density at radius 2 is 2.22 bits per heavy atom. The lowest BCUT2D eigenvalue weighted by Gasteiger charge is -2.28. The molecule has 0 aromatic carbocycles. The van der Waals surface area contributed by atoms with Gasteiger partial charge in [0.25, 0.3) is 0 Å². The maximum absolute atomic E-state index is 12.6. The molecular formula is C11H13F3N4. The van der Waals surface area contributed by atoms with E-state index < -0.39 is 11.9 Å². The highest BCUT2D eigenvalue weighted by Crippen LogP contribution is 2.29. The van der Waals surface area contributed by atoms with Crippen molar-refractivity contribution >= 4 is 11.9 Å². The minimum atomic E-state index is -4.73. The van der Waals surface area contributed by atoms with E-state index >= 15 is 0 Å². The molecule has 1 aliphatic heterocycles. The minimum absolute atomic E-state index is 0.0177. The molecule has 0 spiro atoms. The number of nitrogens with one attached hydrogen (secondary N) is 2. The fraction of sp³-hybridized carbons (Fsp3) is 0.273. The first-order valence-electron chi connectivity index (χ1n) is 5.02. The van der Waals surface area contributed by atoms with Gasteiger partial charge in [0, 0.05) is 7.05 Å². The van der Waals surface area contributed by atoms with Crippen molar-refractivity contribution in [1.82, 2.24) is 10.3 Å². The Bertz CT molecular complexity index is 446. The van der Waals surface area contributed by atoms with Crippen molar-refractivity contribution < 1.29 is 13.2 Å². The fourth-order valence-corrected chi connectivity index (χ4v) is 1.44. The van der Waals surface area contributed by atoms with Crippen LogP contribution in [0.4, 0.5) is 13.2 Å². The number of rotatable bonds is 4. The molecule has 0 saturated heterocycles. The van der Waals surface area contributed by atoms with Crippen LogP contribution < -0.4 is 5.32 Å². The summed E-state index contributed by atoms with van der Waals surface area (Å²) >= 11 is 0. The van der Waals surface area contributed by atoms with E-state index in [1.807, 2.05) is 0 Å². The predicted octanol–water partition coefficient (Wildman–Crippen LogP) is 2.04. The summed E-state index contributed by atoms with van der Waals surface area (Å²) in [7, 11) is 1.46. The Balaban J connectivity index is 3.21. The van der Waals surface area contributed by atoms with Crippen LogP contribution in [-0.2, 0) is 0 Å². The molecule has 18 heavy (non-hydrogen) atoms. The highest BCUT2D eigenvalue weighted by Gasteiger charge is 2.40. The van der Waals surface area contributed by atoms with Gasteiger partial charge in [0.2, 0.25) is 0 Å². The van der Waals surface area contributed by atoms with Gasteiger partial charge < -0.3 is 5.32 Å². The number of hydrazone groups is 1. The lowest BCUT2D eigenvalue weighted by molar-refractivity contribution is -0.0590. The molecule has 2 N–H and O–H groups in total. The molecule has 1 rings (SSSR count). The van der Waals surface area contributed by atoms with Crippen LogP contribution in [0, 0.1) is 5.41 Å². The molecule has 0 atom stereocenters. The Labute approximate surface area is 103 Å². The Morgan fingerprint density at radius 3 is 2.67 bits per heavy atom. The topological polar surface area (TPSA) is 51.5 Å². The first-order valence-corrected chi connectivity index (χ1v) is 5.02. The van der Waals surface area contributed by atoms with E-state index in [-0.39, 0.29) is 23.5 Å². The number of halogens is 3. The molecule has 0 aromatic rings. The van der Waals surface area contributed by atoms with Gasteiger partial charge in [-0.3, -0.25) is 10.4 Å². The molecule has 0 radical (unpaired) electrons. The molecule has 0 amide bonds. The van der Waals surface area contributed by atoms with Gasteiger partial charge in [-0.25, -0.2) is 0 Å². The number of allylic oxidation sites excluding steroid dienone is 2. The van der Waals surface area contributed by atoms with Crippen molar-refractivity contribution in [3.8, 4) is 0 Å². The first kappa shape index (κ1) is 14.0. The molecule has 0 unspecified atom stereocenters. The third-order valence-corrected chi connectivity index (χ3v) is 2.30. The van der Waals surface area contributed by atoms with Crippen LogP contribution in [0.5, 0.6) is 0 Å². The molecule has 4 nitrogen and oxygen atoms in total. The predicted molar refractivity (Wildman–Crippen MR) is 64.4 cm³/mol. The van der Waals surface area contributed by atoms with Crippen LogP contribution in [0.3, 0.4) is 0 Å². The van der Waals surface area contributed by atoms with Crippen molar-refractivity contribution in [2.45, 2.75) is 6.18 Å². The van der Waals surface area contributed by atoms with Crippen LogP contribution >= 0.6 is 0 Å². The lowest BCUT2D eigenvalue weighted by atomic mass is 10.0. The van der Waals surface area contributed by atoms with E-state index in [4.69, 9.17) is 5.41 Å². The molecular weight excluding hydrogens is 245 g/mol. The van der Waals surface area contributed by atoms with Gasteiger partial charge in [0.1, 0.15) is 5.71 Å². The van der Waals surface area contributed by atoms with E-state index in [0.717, 1.165) is 0 Å². The van der Waals surface area contributed by atoms with E-state index in [1.54, 1.807) is 0 Å². The van der Waals surface area contributed by atoms with Gasteiger partial charge in [-0.1, -0.05) is 12.7 Å². The van der Waals surface area contributed by atoms with Gasteiger partial charge in [-0.15, -0.1) is 6.58 Å². The second kappa shape index (κ2) is 5.07. The quantitative estimate of drug-likeness (QED) is 0.599. The summed E-state index contributed by atoms with van der Waals surface area (Å²) in [6.07, 6.45) is -2.01. The summed E-state index contributed by atoms with van der Waals surface area (Å²) in [5, 5.41) is 15.0. The zero-order chi connectivity index (χ0) is 13.9. The molecule has 0 aliphatic carbocycles. The average Bonchev–Trinajstić information content (AvgIpc) is 2.29. The smallest absolute Gasteiger partial charge is 0.386 e. The monoisotopic (exact) mass is 258 g/mol. The first-order chi connectivity index (χ1) is 8.32. The molecule has 0 aromatic heterocycles. The van der Waals surface area contributed by atoms with E-state index in [0.29, 0.717) is 0 Å². The minimum Gasteiger partial charge on any atom is -0.386 e. The second-order valence-corrected chi connectivity index (χ2v) is 3.47. The molecule has 0 saturated carbocycles. The van der Waals surface area contributed by atoms with E-state index in [2.05, 4.69) is 23.6 Å². The highest BCUT2D eigenvalue weighted by atomic mass is 19.4. The number of nitrogens with zero attached hydrogens (tertiary/aromatic N) is 2. The number of hydrogen-bond acceptors (Lipinski definition) is 4. The maximum atomic E-state index is 12.6. The second-order valence-electron chi connectivity index (χ2n) is 3.47. The molecule has 1 heterocycles. The van der Waals surface area contributed by atoms with Gasteiger partial charge >= 0.3 is 6.18 Å². The summed E-state index contributed by atoms with van der Waals surface area (Å²) in [6, 6.07) is 0. The third kappa shape index (κ3) is 2.61. The number of alkyl halides is 3. The zero-order valence-corrected chi connectivity index (χ0v) is 9.80. The van der Waals surface area contributed by atoms with E-state index in [1.165, 1.54) is 24.3 Å². The highest BCUT2D eigenvalue weighted by molar-refractivity contribution is 6.09. The summed E-state index contributed by atoms with van der Waals surface area (Å²) in [5.41, 5.74) is -1.62. The Morgan fingerprint density at radius 1 is 1.61 bits per heavy atom. The summed E-state index contributed by atoms with van der Waals surface area (Å²) in [4.78, 5) is 0. The van der Waals surface area contributed by atoms with Gasteiger partial charge in [0.15, 0.2) is 0 Å². The van der Waals surface area contributed by atoms with Gasteiger partial charge in [0.05, 0.1) is 29.7 Å². The molecule has 1 aliphatic rings. The van der Waals surface area contributed by atoms with Crippen LogP contribution in [0.2, 0.25) is 0 Å². The summed E-state index contributed by atoms with van der Waals surface area (Å²) in [5.74, 6) is 0. The summed E-state index contributed by atoms with van der Waals surface area (Å²) < 4.78 is 37.9. The largest absolute Gasteiger partial charge is 0.433 e. The van der Waals surface area contributed by atoms with Gasteiger partial charge in [-0.2, -0.15) is 18.3 Å². The van der Waals surface area contributed by atoms with Crippen molar-refractivity contribution in [2.75, 3.05) is 13.6 Å². The normalized spacial score (nSPS) is 16.0. The summed E-state index contributed by atoms with van der Waals surface area (Å²) in [6.45, 7) is 7.26. The Hall–Kier alpha value is -2.05. The Kier molecular flexibility index (Phi) is 3.95. The SMILES string of the molecule is C=CCN1N=CC(NC)=C(C(=N)C(F)(F)F)C1=C. The van der Waals surface area contributed by atoms with Crippen molar-refractivity contribution in [3.05, 3.63) is 36.2 Å². The molecule has 0 fully saturated rings. The van der Waals surface area contributed by atoms with E-state index in [9.17, 15) is 13.2 Å². The molecule has 7 heteroatoms. The molecule has 0 bridgehead atoms. The lowest BCUT2D eigenvalue weighted by Crippen LogP contribution is -2.34. The number of hydrogen-bond donors (Lipinski definition) is 2. The standard InChI is InChI=1S/C11H13F3N4/c1-4-5-18-7(2)9(8(16-3)6-17-18)10(15)11(12,13)14/h4,6,15-16H,1-2,5H2,3H3. The van der Waals surface area contributed by atoms with Crippen LogP contribution in [0.15, 0.2) is 41.3 Å². The average molecular weight is 258 g/mol.